The zero-order chi connectivity index (χ0) is 14.1. The molecule has 0 saturated heterocycles. The lowest BCUT2D eigenvalue weighted by Gasteiger charge is -2.26. The molecule has 106 valence electrons. The molecule has 7 heteroatoms. The lowest BCUT2D eigenvalue weighted by Crippen LogP contribution is -2.27. The molecule has 0 fully saturated rings. The number of nitrogens with zero attached hydrogens (tertiary/aromatic N) is 4. The molecular formula is C13H16N4O2S. The molecule has 1 aromatic heterocycles. The van der Waals surface area contributed by atoms with Crippen LogP contribution in [0.3, 0.4) is 0 Å². The minimum atomic E-state index is -0.358. The van der Waals surface area contributed by atoms with Gasteiger partial charge < -0.3 is 4.57 Å². The van der Waals surface area contributed by atoms with Crippen molar-refractivity contribution in [2.75, 3.05) is 13.1 Å². The molecule has 0 N–H and O–H groups in total. The molecule has 6 nitrogen and oxygen atoms in total. The van der Waals surface area contributed by atoms with Crippen LogP contribution < -0.4 is 0 Å². The summed E-state index contributed by atoms with van der Waals surface area (Å²) in [6.07, 6.45) is 2.36. The fraction of sp³-hybridized carbons (Fsp3) is 0.462. The van der Waals surface area contributed by atoms with E-state index in [0.29, 0.717) is 0 Å². The Balaban J connectivity index is 1.92. The van der Waals surface area contributed by atoms with E-state index < -0.39 is 0 Å². The molecule has 2 aromatic rings. The van der Waals surface area contributed by atoms with Crippen LogP contribution in [0, 0.1) is 10.1 Å². The van der Waals surface area contributed by atoms with Crippen molar-refractivity contribution < 1.29 is 4.92 Å². The quantitative estimate of drug-likeness (QED) is 0.492. The lowest BCUT2D eigenvalue weighted by atomic mass is 10.3. The molecule has 0 aliphatic carbocycles. The van der Waals surface area contributed by atoms with Crippen molar-refractivity contribution in [1.82, 2.24) is 13.9 Å². The highest BCUT2D eigenvalue weighted by Gasteiger charge is 2.22. The van der Waals surface area contributed by atoms with Gasteiger partial charge in [-0.25, -0.2) is 9.29 Å². The van der Waals surface area contributed by atoms with E-state index >= 15 is 0 Å². The van der Waals surface area contributed by atoms with Crippen LogP contribution in [-0.4, -0.2) is 31.9 Å². The van der Waals surface area contributed by atoms with E-state index in [4.69, 9.17) is 0 Å². The van der Waals surface area contributed by atoms with Crippen molar-refractivity contribution in [3.63, 3.8) is 0 Å². The maximum absolute atomic E-state index is 10.9. The van der Waals surface area contributed by atoms with Crippen LogP contribution in [0.1, 0.15) is 19.8 Å². The summed E-state index contributed by atoms with van der Waals surface area (Å²) in [5.74, 6) is 0. The molecular weight excluding hydrogens is 276 g/mol. The Kier molecular flexibility index (Phi) is 3.62. The molecule has 0 amide bonds. The maximum atomic E-state index is 10.9. The fourth-order valence-electron chi connectivity index (χ4n) is 2.35. The van der Waals surface area contributed by atoms with Gasteiger partial charge >= 0.3 is 0 Å². The van der Waals surface area contributed by atoms with Gasteiger partial charge in [-0.1, -0.05) is 13.3 Å². The van der Waals surface area contributed by atoms with Crippen LogP contribution in [0.5, 0.6) is 0 Å². The number of non-ortho nitro benzene ring substituents is 1. The third kappa shape index (κ3) is 2.38. The predicted molar refractivity (Wildman–Crippen MR) is 78.7 cm³/mol. The Hall–Kier alpha value is -1.60. The Labute approximate surface area is 121 Å². The average molecular weight is 292 g/mol. The van der Waals surface area contributed by atoms with Gasteiger partial charge in [-0.15, -0.1) is 0 Å². The number of nitro groups is 1. The first-order valence-electron chi connectivity index (χ1n) is 6.76. The molecule has 3 rings (SSSR count). The summed E-state index contributed by atoms with van der Waals surface area (Å²) < 4.78 is 4.40. The number of nitro benzene ring substituents is 1. The average Bonchev–Trinajstić information content (AvgIpc) is 2.81. The molecule has 1 aliphatic rings. The first-order valence-corrected chi connectivity index (χ1v) is 7.54. The minimum Gasteiger partial charge on any atom is -0.316 e. The number of fused-ring (bicyclic) bond motifs is 3. The maximum Gasteiger partial charge on any atom is 0.271 e. The lowest BCUT2D eigenvalue weighted by molar-refractivity contribution is -0.384. The second-order valence-corrected chi connectivity index (χ2v) is 5.91. The summed E-state index contributed by atoms with van der Waals surface area (Å²) in [6, 6.07) is 4.87. The van der Waals surface area contributed by atoms with Crippen LogP contribution in [0.15, 0.2) is 23.4 Å². The zero-order valence-electron chi connectivity index (χ0n) is 11.3. The molecule has 0 saturated carbocycles. The third-order valence-corrected chi connectivity index (χ3v) is 4.55. The van der Waals surface area contributed by atoms with E-state index in [1.807, 2.05) is 0 Å². The van der Waals surface area contributed by atoms with Gasteiger partial charge in [0.15, 0.2) is 5.16 Å². The molecule has 2 heterocycles. The Morgan fingerprint density at radius 1 is 1.45 bits per heavy atom. The smallest absolute Gasteiger partial charge is 0.271 e. The van der Waals surface area contributed by atoms with Gasteiger partial charge in [0.2, 0.25) is 0 Å². The Morgan fingerprint density at radius 2 is 2.30 bits per heavy atom. The van der Waals surface area contributed by atoms with Crippen LogP contribution in [0.4, 0.5) is 5.69 Å². The van der Waals surface area contributed by atoms with Crippen molar-refractivity contribution in [3.8, 4) is 0 Å². The van der Waals surface area contributed by atoms with Crippen LogP contribution in [0.25, 0.3) is 11.0 Å². The summed E-state index contributed by atoms with van der Waals surface area (Å²) in [4.78, 5) is 15.1. The summed E-state index contributed by atoms with van der Waals surface area (Å²) in [5.41, 5.74) is 1.81. The third-order valence-electron chi connectivity index (χ3n) is 3.45. The van der Waals surface area contributed by atoms with Gasteiger partial charge in [0.1, 0.15) is 0 Å². The van der Waals surface area contributed by atoms with Gasteiger partial charge in [-0.3, -0.25) is 10.1 Å². The second kappa shape index (κ2) is 5.41. The van der Waals surface area contributed by atoms with Crippen LogP contribution >= 0.6 is 11.9 Å². The van der Waals surface area contributed by atoms with E-state index in [0.717, 1.165) is 35.8 Å². The number of unbranched alkanes of at least 4 members (excludes halogenated alkanes) is 1. The molecule has 20 heavy (non-hydrogen) atoms. The highest BCUT2D eigenvalue weighted by molar-refractivity contribution is 7.96. The molecule has 0 unspecified atom stereocenters. The van der Waals surface area contributed by atoms with Crippen molar-refractivity contribution in [2.45, 2.75) is 31.5 Å². The van der Waals surface area contributed by atoms with E-state index in [1.54, 1.807) is 24.1 Å². The van der Waals surface area contributed by atoms with Crippen molar-refractivity contribution >= 4 is 28.7 Å². The molecule has 0 spiro atoms. The zero-order valence-corrected chi connectivity index (χ0v) is 12.1. The number of aromatic nitrogens is 2. The van der Waals surface area contributed by atoms with Crippen LogP contribution in [0.2, 0.25) is 0 Å². The molecule has 0 atom stereocenters. The molecule has 0 bridgehead atoms. The highest BCUT2D eigenvalue weighted by atomic mass is 32.2. The normalized spacial score (nSPS) is 15.4. The number of rotatable bonds is 4. The van der Waals surface area contributed by atoms with Gasteiger partial charge in [0, 0.05) is 31.8 Å². The number of hydrogen-bond acceptors (Lipinski definition) is 5. The summed E-state index contributed by atoms with van der Waals surface area (Å²) in [7, 11) is 0. The SMILES string of the molecule is CCCCN1CCn2c(nc3ccc([N+](=O)[O-])cc32)S1. The van der Waals surface area contributed by atoms with Crippen LogP contribution in [-0.2, 0) is 6.54 Å². The summed E-state index contributed by atoms with van der Waals surface area (Å²) in [5, 5.41) is 11.8. The minimum absolute atomic E-state index is 0.124. The van der Waals surface area contributed by atoms with Gasteiger partial charge in [-0.05, 0) is 24.4 Å². The largest absolute Gasteiger partial charge is 0.316 e. The predicted octanol–water partition coefficient (Wildman–Crippen LogP) is 3.07. The second-order valence-electron chi connectivity index (χ2n) is 4.85. The van der Waals surface area contributed by atoms with E-state index in [2.05, 4.69) is 20.8 Å². The van der Waals surface area contributed by atoms with Gasteiger partial charge in [0.25, 0.3) is 5.69 Å². The summed E-state index contributed by atoms with van der Waals surface area (Å²) in [6.45, 7) is 5.03. The first-order chi connectivity index (χ1) is 9.69. The number of imidazole rings is 1. The summed E-state index contributed by atoms with van der Waals surface area (Å²) >= 11 is 1.65. The monoisotopic (exact) mass is 292 g/mol. The first kappa shape index (κ1) is 13.4. The molecule has 1 aromatic carbocycles. The van der Waals surface area contributed by atoms with Crippen molar-refractivity contribution in [3.05, 3.63) is 28.3 Å². The van der Waals surface area contributed by atoms with Crippen molar-refractivity contribution in [1.29, 1.82) is 0 Å². The molecule has 1 aliphatic heterocycles. The van der Waals surface area contributed by atoms with E-state index in [-0.39, 0.29) is 10.6 Å². The van der Waals surface area contributed by atoms with Crippen molar-refractivity contribution in [2.24, 2.45) is 0 Å². The Morgan fingerprint density at radius 3 is 3.05 bits per heavy atom. The fourth-order valence-corrected chi connectivity index (χ4v) is 3.40. The van der Waals surface area contributed by atoms with E-state index in [1.165, 1.54) is 18.9 Å². The standard InChI is InChI=1S/C13H16N4O2S/c1-2-3-6-15-7-8-16-12-9-10(17(18)19)4-5-11(12)14-13(16)20-15/h4-5,9H,2-3,6-8H2,1H3. The topological polar surface area (TPSA) is 64.2 Å². The molecule has 0 radical (unpaired) electrons. The Bertz CT molecular complexity index is 655. The van der Waals surface area contributed by atoms with Gasteiger partial charge in [-0.2, -0.15) is 0 Å². The number of hydrogen-bond donors (Lipinski definition) is 0. The number of benzene rings is 1. The highest BCUT2D eigenvalue weighted by Crippen LogP contribution is 2.32. The van der Waals surface area contributed by atoms with Gasteiger partial charge in [0.05, 0.1) is 16.0 Å². The van der Waals surface area contributed by atoms with E-state index in [9.17, 15) is 10.1 Å².